The van der Waals surface area contributed by atoms with Crippen LogP contribution in [0, 0.1) is 0 Å². The van der Waals surface area contributed by atoms with Crippen molar-refractivity contribution in [1.82, 2.24) is 19.9 Å². The van der Waals surface area contributed by atoms with Gasteiger partial charge in [0.25, 0.3) is 5.56 Å². The van der Waals surface area contributed by atoms with E-state index in [4.69, 9.17) is 0 Å². The molecular formula is C19H15BrN4OS. The standard InChI is InChI=1S/C19H15BrN4OS/c1-11(17-22-15-5-3-2-4-14(15)18(25)24-17)26-19-21-10-16(23-19)12-6-8-13(20)9-7-12/h2-11H,1H3,(H,21,23)(H,22,24,25)/t11-/m0/s1. The first-order valence-electron chi connectivity index (χ1n) is 8.07. The molecule has 0 aliphatic heterocycles. The second-order valence-corrected chi connectivity index (χ2v) is 8.08. The minimum Gasteiger partial charge on any atom is -0.333 e. The third-order valence-electron chi connectivity index (χ3n) is 4.01. The zero-order chi connectivity index (χ0) is 18.1. The van der Waals surface area contributed by atoms with Gasteiger partial charge in [0.2, 0.25) is 0 Å². The number of hydrogen-bond acceptors (Lipinski definition) is 4. The second kappa shape index (κ2) is 7.09. The van der Waals surface area contributed by atoms with Crippen LogP contribution in [0.15, 0.2) is 69.2 Å². The molecular weight excluding hydrogens is 412 g/mol. The molecule has 0 radical (unpaired) electrons. The fourth-order valence-electron chi connectivity index (χ4n) is 2.66. The van der Waals surface area contributed by atoms with Gasteiger partial charge in [0.15, 0.2) is 5.16 Å². The van der Waals surface area contributed by atoms with Gasteiger partial charge in [0.05, 0.1) is 28.0 Å². The lowest BCUT2D eigenvalue weighted by Crippen LogP contribution is -2.12. The quantitative estimate of drug-likeness (QED) is 0.453. The molecule has 0 amide bonds. The molecule has 26 heavy (non-hydrogen) atoms. The van der Waals surface area contributed by atoms with Crippen LogP contribution in [0.3, 0.4) is 0 Å². The Morgan fingerprint density at radius 2 is 1.85 bits per heavy atom. The number of aromatic nitrogens is 4. The maximum atomic E-state index is 12.2. The summed E-state index contributed by atoms with van der Waals surface area (Å²) in [4.78, 5) is 27.5. The van der Waals surface area contributed by atoms with E-state index >= 15 is 0 Å². The number of halogens is 1. The summed E-state index contributed by atoms with van der Waals surface area (Å²) in [6, 6.07) is 15.4. The van der Waals surface area contributed by atoms with Gasteiger partial charge in [-0.05, 0) is 36.8 Å². The Hall–Kier alpha value is -2.38. The molecule has 0 aliphatic carbocycles. The fraction of sp³-hybridized carbons (Fsp3) is 0.105. The third-order valence-corrected chi connectivity index (χ3v) is 5.55. The van der Waals surface area contributed by atoms with Crippen molar-refractivity contribution >= 4 is 38.6 Å². The van der Waals surface area contributed by atoms with E-state index in [1.807, 2.05) is 55.6 Å². The summed E-state index contributed by atoms with van der Waals surface area (Å²) in [5.41, 5.74) is 2.60. The Bertz CT molecular complexity index is 1120. The topological polar surface area (TPSA) is 74.4 Å². The molecule has 2 N–H and O–H groups in total. The van der Waals surface area contributed by atoms with Crippen molar-refractivity contribution < 1.29 is 0 Å². The van der Waals surface area contributed by atoms with E-state index in [1.165, 1.54) is 11.8 Å². The van der Waals surface area contributed by atoms with Crippen LogP contribution in [0.1, 0.15) is 18.0 Å². The summed E-state index contributed by atoms with van der Waals surface area (Å²) in [5.74, 6) is 0.639. The number of nitrogens with one attached hydrogen (secondary N) is 2. The number of benzene rings is 2. The summed E-state index contributed by atoms with van der Waals surface area (Å²) in [7, 11) is 0. The van der Waals surface area contributed by atoms with Gasteiger partial charge in [-0.25, -0.2) is 9.97 Å². The lowest BCUT2D eigenvalue weighted by molar-refractivity contribution is 0.913. The summed E-state index contributed by atoms with van der Waals surface area (Å²) in [5, 5.41) is 1.34. The molecule has 7 heteroatoms. The van der Waals surface area contributed by atoms with Crippen LogP contribution in [0.2, 0.25) is 0 Å². The van der Waals surface area contributed by atoms with Crippen molar-refractivity contribution in [2.75, 3.05) is 0 Å². The highest BCUT2D eigenvalue weighted by Gasteiger charge is 2.14. The van der Waals surface area contributed by atoms with Gasteiger partial charge in [-0.2, -0.15) is 0 Å². The molecule has 2 aromatic carbocycles. The number of H-pyrrole nitrogens is 2. The maximum absolute atomic E-state index is 12.2. The van der Waals surface area contributed by atoms with Gasteiger partial charge in [-0.3, -0.25) is 4.79 Å². The Kier molecular flexibility index (Phi) is 4.65. The van der Waals surface area contributed by atoms with E-state index in [1.54, 1.807) is 6.07 Å². The normalized spacial score (nSPS) is 12.4. The molecule has 0 unspecified atom stereocenters. The Morgan fingerprint density at radius 1 is 1.08 bits per heavy atom. The molecule has 0 saturated carbocycles. The Balaban J connectivity index is 1.58. The van der Waals surface area contributed by atoms with Crippen LogP contribution in [0.5, 0.6) is 0 Å². The Labute approximate surface area is 162 Å². The first kappa shape index (κ1) is 17.1. The van der Waals surface area contributed by atoms with Crippen molar-refractivity contribution in [2.24, 2.45) is 0 Å². The average molecular weight is 427 g/mol. The molecule has 4 aromatic rings. The minimum atomic E-state index is -0.118. The number of thioether (sulfide) groups is 1. The molecule has 5 nitrogen and oxygen atoms in total. The van der Waals surface area contributed by atoms with Gasteiger partial charge in [0, 0.05) is 4.47 Å². The molecule has 2 heterocycles. The molecule has 0 fully saturated rings. The largest absolute Gasteiger partial charge is 0.333 e. The van der Waals surface area contributed by atoms with E-state index in [0.29, 0.717) is 16.7 Å². The lowest BCUT2D eigenvalue weighted by Gasteiger charge is -2.09. The number of aromatic amines is 2. The van der Waals surface area contributed by atoms with Crippen molar-refractivity contribution in [1.29, 1.82) is 0 Å². The van der Waals surface area contributed by atoms with Gasteiger partial charge in [0.1, 0.15) is 5.82 Å². The van der Waals surface area contributed by atoms with E-state index in [-0.39, 0.29) is 10.8 Å². The predicted molar refractivity (Wildman–Crippen MR) is 108 cm³/mol. The zero-order valence-corrected chi connectivity index (χ0v) is 16.3. The number of imidazole rings is 1. The molecule has 0 spiro atoms. The molecule has 4 rings (SSSR count). The van der Waals surface area contributed by atoms with Gasteiger partial charge >= 0.3 is 0 Å². The third kappa shape index (κ3) is 3.45. The number of rotatable bonds is 4. The number of nitrogens with zero attached hydrogens (tertiary/aromatic N) is 2. The monoisotopic (exact) mass is 426 g/mol. The van der Waals surface area contributed by atoms with E-state index < -0.39 is 0 Å². The summed E-state index contributed by atoms with van der Waals surface area (Å²) in [6.07, 6.45) is 1.81. The summed E-state index contributed by atoms with van der Waals surface area (Å²) >= 11 is 4.96. The molecule has 2 aromatic heterocycles. The van der Waals surface area contributed by atoms with E-state index in [0.717, 1.165) is 20.9 Å². The molecule has 0 bridgehead atoms. The van der Waals surface area contributed by atoms with Crippen LogP contribution in [-0.4, -0.2) is 19.9 Å². The predicted octanol–water partition coefficient (Wildman–Crippen LogP) is 4.93. The van der Waals surface area contributed by atoms with Crippen LogP contribution in [0.25, 0.3) is 22.2 Å². The number of fused-ring (bicyclic) bond motifs is 1. The van der Waals surface area contributed by atoms with Crippen molar-refractivity contribution in [3.8, 4) is 11.3 Å². The second-order valence-electron chi connectivity index (χ2n) is 5.84. The summed E-state index contributed by atoms with van der Waals surface area (Å²) in [6.45, 7) is 2.00. The highest BCUT2D eigenvalue weighted by Crippen LogP contribution is 2.32. The molecule has 0 saturated heterocycles. The first-order chi connectivity index (χ1) is 12.6. The maximum Gasteiger partial charge on any atom is 0.258 e. The Morgan fingerprint density at radius 3 is 2.65 bits per heavy atom. The highest BCUT2D eigenvalue weighted by atomic mass is 79.9. The van der Waals surface area contributed by atoms with Gasteiger partial charge in [-0.1, -0.05) is 52.0 Å². The number of hydrogen-bond donors (Lipinski definition) is 2. The van der Waals surface area contributed by atoms with Crippen LogP contribution in [-0.2, 0) is 0 Å². The van der Waals surface area contributed by atoms with Crippen molar-refractivity contribution in [3.63, 3.8) is 0 Å². The minimum absolute atomic E-state index is 0.0452. The smallest absolute Gasteiger partial charge is 0.258 e. The lowest BCUT2D eigenvalue weighted by atomic mass is 10.2. The highest BCUT2D eigenvalue weighted by molar-refractivity contribution is 9.10. The van der Waals surface area contributed by atoms with Crippen molar-refractivity contribution in [3.05, 3.63) is 75.4 Å². The average Bonchev–Trinajstić information content (AvgIpc) is 3.10. The van der Waals surface area contributed by atoms with Crippen LogP contribution >= 0.6 is 27.7 Å². The first-order valence-corrected chi connectivity index (χ1v) is 9.74. The van der Waals surface area contributed by atoms with E-state index in [9.17, 15) is 4.79 Å². The van der Waals surface area contributed by atoms with Gasteiger partial charge < -0.3 is 9.97 Å². The molecule has 130 valence electrons. The van der Waals surface area contributed by atoms with Gasteiger partial charge in [-0.15, -0.1) is 0 Å². The van der Waals surface area contributed by atoms with Crippen LogP contribution in [0.4, 0.5) is 0 Å². The SMILES string of the molecule is C[C@H](Sc1ncc(-c2ccc(Br)cc2)[nH]1)c1nc2ccccc2c(=O)[nH]1. The zero-order valence-electron chi connectivity index (χ0n) is 13.9. The summed E-state index contributed by atoms with van der Waals surface area (Å²) < 4.78 is 1.04. The fourth-order valence-corrected chi connectivity index (χ4v) is 3.76. The van der Waals surface area contributed by atoms with E-state index in [2.05, 4.69) is 35.9 Å². The molecule has 0 aliphatic rings. The van der Waals surface area contributed by atoms with Crippen molar-refractivity contribution in [2.45, 2.75) is 17.3 Å². The van der Waals surface area contributed by atoms with Crippen LogP contribution < -0.4 is 5.56 Å². The molecule has 1 atom stereocenters. The number of para-hydroxylation sites is 1.